The molecule has 0 bridgehead atoms. The molecule has 1 aliphatic rings. The summed E-state index contributed by atoms with van der Waals surface area (Å²) in [6.07, 6.45) is 0. The summed E-state index contributed by atoms with van der Waals surface area (Å²) in [6, 6.07) is 8.78. The SMILES string of the molecule is Cc1cc(C(=O)Nc2cccc3c2N=[Se]=N3)cc(Cl)n1. The van der Waals surface area contributed by atoms with Crippen molar-refractivity contribution in [2.75, 3.05) is 5.32 Å². The number of carbonyl (C=O) groups excluding carboxylic acids is 1. The summed E-state index contributed by atoms with van der Waals surface area (Å²) in [4.78, 5) is 16.3. The fraction of sp³-hybridized carbons (Fsp3) is 0.0769. The van der Waals surface area contributed by atoms with Crippen LogP contribution in [0.1, 0.15) is 16.1 Å². The number of pyridine rings is 1. The van der Waals surface area contributed by atoms with Crippen LogP contribution in [0.3, 0.4) is 0 Å². The second-order valence-electron chi connectivity index (χ2n) is 4.21. The number of halogens is 1. The van der Waals surface area contributed by atoms with Crippen LogP contribution >= 0.6 is 11.6 Å². The number of aryl methyl sites for hydroxylation is 1. The minimum atomic E-state index is -0.236. The maximum atomic E-state index is 12.3. The number of hydrogen-bond acceptors (Lipinski definition) is 4. The van der Waals surface area contributed by atoms with E-state index in [4.69, 9.17) is 11.6 Å². The van der Waals surface area contributed by atoms with Crippen molar-refractivity contribution < 1.29 is 4.79 Å². The third-order valence-corrected chi connectivity index (χ3v) is 4.05. The van der Waals surface area contributed by atoms with E-state index in [0.29, 0.717) is 22.1 Å². The summed E-state index contributed by atoms with van der Waals surface area (Å²) in [5, 5.41) is 3.15. The summed E-state index contributed by atoms with van der Waals surface area (Å²) >= 11 is 5.74. The number of carbonyl (C=O) groups is 1. The van der Waals surface area contributed by atoms with Gasteiger partial charge in [0, 0.05) is 0 Å². The molecule has 1 N–H and O–H groups in total. The predicted molar refractivity (Wildman–Crippen MR) is 78.3 cm³/mol. The Morgan fingerprint density at radius 3 is 2.95 bits per heavy atom. The number of aromatic nitrogens is 1. The zero-order chi connectivity index (χ0) is 14.1. The Labute approximate surface area is 126 Å². The van der Waals surface area contributed by atoms with E-state index in [-0.39, 0.29) is 20.5 Å². The van der Waals surface area contributed by atoms with Gasteiger partial charge in [0.2, 0.25) is 0 Å². The summed E-state index contributed by atoms with van der Waals surface area (Å²) < 4.78 is 8.61. The van der Waals surface area contributed by atoms with Crippen molar-refractivity contribution >= 4 is 49.1 Å². The zero-order valence-electron chi connectivity index (χ0n) is 10.4. The van der Waals surface area contributed by atoms with Crippen molar-refractivity contribution in [3.63, 3.8) is 0 Å². The molecule has 2 heterocycles. The quantitative estimate of drug-likeness (QED) is 0.566. The molecule has 7 heteroatoms. The van der Waals surface area contributed by atoms with E-state index in [1.807, 2.05) is 18.2 Å². The van der Waals surface area contributed by atoms with Crippen LogP contribution in [0.25, 0.3) is 0 Å². The number of amides is 1. The molecule has 3 rings (SSSR count). The van der Waals surface area contributed by atoms with Gasteiger partial charge in [0.25, 0.3) is 0 Å². The third kappa shape index (κ3) is 2.58. The Hall–Kier alpha value is -1.75. The first-order chi connectivity index (χ1) is 9.63. The Balaban J connectivity index is 1.90. The standard InChI is InChI=1S/C13H9ClN4OSe/c1-7-5-8(6-11(14)15-7)13(19)16-9-3-2-4-10-12(9)18-20-17-10/h2-6H,1H3,(H,16,19). The molecule has 20 heavy (non-hydrogen) atoms. The van der Waals surface area contributed by atoms with Crippen molar-refractivity contribution in [1.29, 1.82) is 0 Å². The van der Waals surface area contributed by atoms with Crippen LogP contribution in [-0.2, 0) is 0 Å². The molecule has 0 radical (unpaired) electrons. The molecule has 0 fully saturated rings. The van der Waals surface area contributed by atoms with Crippen molar-refractivity contribution in [1.82, 2.24) is 4.98 Å². The molecule has 100 valence electrons. The summed E-state index contributed by atoms with van der Waals surface area (Å²) in [5.41, 5.74) is 3.41. The number of fused-ring (bicyclic) bond motifs is 1. The van der Waals surface area contributed by atoms with E-state index in [2.05, 4.69) is 18.2 Å². The second-order valence-corrected chi connectivity index (χ2v) is 5.71. The Morgan fingerprint density at radius 1 is 1.30 bits per heavy atom. The van der Waals surface area contributed by atoms with E-state index in [1.165, 1.54) is 0 Å². The first-order valence-electron chi connectivity index (χ1n) is 5.80. The molecule has 1 aromatic carbocycles. The van der Waals surface area contributed by atoms with E-state index in [1.54, 1.807) is 19.1 Å². The number of rotatable bonds is 2. The van der Waals surface area contributed by atoms with Crippen LogP contribution in [0.5, 0.6) is 0 Å². The average molecular weight is 352 g/mol. The van der Waals surface area contributed by atoms with Crippen molar-refractivity contribution in [3.8, 4) is 0 Å². The minimum absolute atomic E-state index is 0.125. The molecule has 0 aliphatic carbocycles. The van der Waals surface area contributed by atoms with Crippen LogP contribution in [0.4, 0.5) is 17.1 Å². The predicted octanol–water partition coefficient (Wildman–Crippen LogP) is 3.64. The topological polar surface area (TPSA) is 66.7 Å². The molecule has 2 aromatic rings. The second kappa shape index (κ2) is 5.32. The van der Waals surface area contributed by atoms with Gasteiger partial charge in [0.15, 0.2) is 0 Å². The van der Waals surface area contributed by atoms with Crippen LogP contribution in [0.2, 0.25) is 5.15 Å². The maximum absolute atomic E-state index is 12.3. The monoisotopic (exact) mass is 352 g/mol. The van der Waals surface area contributed by atoms with Gasteiger partial charge >= 0.3 is 126 Å². The number of benzene rings is 1. The molecular weight excluding hydrogens is 343 g/mol. The Kier molecular flexibility index (Phi) is 3.53. The molecule has 0 atom stereocenters. The van der Waals surface area contributed by atoms with Gasteiger partial charge in [-0.15, -0.1) is 0 Å². The van der Waals surface area contributed by atoms with E-state index >= 15 is 0 Å². The van der Waals surface area contributed by atoms with Gasteiger partial charge in [-0.05, 0) is 0 Å². The van der Waals surface area contributed by atoms with Gasteiger partial charge in [-0.3, -0.25) is 0 Å². The fourth-order valence-corrected chi connectivity index (χ4v) is 3.26. The van der Waals surface area contributed by atoms with Crippen LogP contribution in [-0.4, -0.2) is 25.5 Å². The molecule has 0 unspecified atom stereocenters. The molecule has 1 aliphatic heterocycles. The molecule has 0 saturated heterocycles. The third-order valence-electron chi connectivity index (χ3n) is 2.72. The van der Waals surface area contributed by atoms with Crippen molar-refractivity contribution in [2.24, 2.45) is 7.92 Å². The number of anilines is 1. The van der Waals surface area contributed by atoms with Gasteiger partial charge in [0.1, 0.15) is 0 Å². The van der Waals surface area contributed by atoms with Crippen molar-refractivity contribution in [3.05, 3.63) is 46.7 Å². The normalized spacial score (nSPS) is 11.9. The van der Waals surface area contributed by atoms with E-state index in [9.17, 15) is 4.79 Å². The molecular formula is C13H9ClN4OSe. The van der Waals surface area contributed by atoms with Gasteiger partial charge in [0.05, 0.1) is 0 Å². The molecule has 0 spiro atoms. The van der Waals surface area contributed by atoms with Crippen molar-refractivity contribution in [2.45, 2.75) is 6.92 Å². The molecule has 1 amide bonds. The molecule has 5 nitrogen and oxygen atoms in total. The summed E-state index contributed by atoms with van der Waals surface area (Å²) in [5.74, 6) is -0.236. The van der Waals surface area contributed by atoms with Gasteiger partial charge in [-0.25, -0.2) is 0 Å². The zero-order valence-corrected chi connectivity index (χ0v) is 12.9. The molecule has 0 saturated carbocycles. The van der Waals surface area contributed by atoms with Gasteiger partial charge < -0.3 is 0 Å². The van der Waals surface area contributed by atoms with Crippen LogP contribution in [0.15, 0.2) is 38.3 Å². The Morgan fingerprint density at radius 2 is 2.15 bits per heavy atom. The van der Waals surface area contributed by atoms with Gasteiger partial charge in [-0.1, -0.05) is 0 Å². The number of nitrogens with zero attached hydrogens (tertiary/aromatic N) is 3. The molecule has 1 aromatic heterocycles. The average Bonchev–Trinajstić information content (AvgIpc) is 2.87. The Bertz CT molecular complexity index is 764. The van der Waals surface area contributed by atoms with Crippen LogP contribution < -0.4 is 5.32 Å². The first kappa shape index (κ1) is 13.2. The van der Waals surface area contributed by atoms with Gasteiger partial charge in [-0.2, -0.15) is 0 Å². The number of hydrogen-bond donors (Lipinski definition) is 1. The first-order valence-corrected chi connectivity index (χ1v) is 7.71. The van der Waals surface area contributed by atoms with E-state index in [0.717, 1.165) is 11.4 Å². The van der Waals surface area contributed by atoms with Crippen LogP contribution in [0, 0.1) is 6.92 Å². The summed E-state index contributed by atoms with van der Waals surface area (Å²) in [6.45, 7) is 1.79. The fourth-order valence-electron chi connectivity index (χ4n) is 1.86. The van der Waals surface area contributed by atoms with E-state index < -0.39 is 0 Å². The number of nitrogens with one attached hydrogen (secondary N) is 1. The summed E-state index contributed by atoms with van der Waals surface area (Å²) in [7, 11) is 0.